The third-order valence-electron chi connectivity index (χ3n) is 1.29. The highest BCUT2D eigenvalue weighted by Crippen LogP contribution is 2.00. The highest BCUT2D eigenvalue weighted by Gasteiger charge is 2.08. The second-order valence-electron chi connectivity index (χ2n) is 1.95. The predicted octanol–water partition coefficient (Wildman–Crippen LogP) is 0.169. The Balaban J connectivity index is 2.12. The molecule has 2 heteroatoms. The maximum absolute atomic E-state index is 10.5. The first-order chi connectivity index (χ1) is 3.39. The molecule has 0 aromatic heterocycles. The van der Waals surface area contributed by atoms with Gasteiger partial charge < -0.3 is 5.32 Å². The van der Waals surface area contributed by atoms with E-state index < -0.39 is 0 Å². The van der Waals surface area contributed by atoms with Crippen molar-refractivity contribution in [2.24, 2.45) is 0 Å². The van der Waals surface area contributed by atoms with E-state index in [1.165, 1.54) is 0 Å². The van der Waals surface area contributed by atoms with Crippen molar-refractivity contribution in [3.63, 3.8) is 0 Å². The topological polar surface area (TPSA) is 31.9 Å². The zero-order valence-corrected chi connectivity index (χ0v) is 4.31. The Hall–Kier alpha value is -0.0800. The van der Waals surface area contributed by atoms with Gasteiger partial charge in [0.1, 0.15) is 0 Å². The molecule has 0 amide bonds. The summed E-state index contributed by atoms with van der Waals surface area (Å²) in [6.07, 6.45) is 1.36. The molecule has 1 rings (SSSR count). The van der Waals surface area contributed by atoms with E-state index in [-0.39, 0.29) is 6.10 Å². The Kier molecular flexibility index (Phi) is 1.65. The van der Waals surface area contributed by atoms with Crippen LogP contribution in [0.5, 0.6) is 0 Å². The van der Waals surface area contributed by atoms with Crippen LogP contribution in [-0.4, -0.2) is 19.2 Å². The highest BCUT2D eigenvalue weighted by molar-refractivity contribution is 4.64. The standard InChI is InChI=1S/C5H10NO/c7-5-1-3-6-4-2-5/h5-6H,1-4H2. The van der Waals surface area contributed by atoms with E-state index in [0.29, 0.717) is 0 Å². The van der Waals surface area contributed by atoms with Crippen LogP contribution in [0.15, 0.2) is 0 Å². The summed E-state index contributed by atoms with van der Waals surface area (Å²) in [6.45, 7) is 1.85. The predicted molar refractivity (Wildman–Crippen MR) is 26.6 cm³/mol. The first kappa shape index (κ1) is 5.06. The largest absolute Gasteiger partial charge is 0.317 e. The van der Waals surface area contributed by atoms with E-state index in [1.54, 1.807) is 0 Å². The lowest BCUT2D eigenvalue weighted by Gasteiger charge is -2.14. The summed E-state index contributed by atoms with van der Waals surface area (Å²) >= 11 is 0. The van der Waals surface area contributed by atoms with Crippen LogP contribution in [0.3, 0.4) is 0 Å². The minimum atomic E-state index is -0.277. The maximum Gasteiger partial charge on any atom is 0.0954 e. The first-order valence-electron chi connectivity index (χ1n) is 2.76. The van der Waals surface area contributed by atoms with Gasteiger partial charge in [-0.2, -0.15) is 0 Å². The van der Waals surface area contributed by atoms with E-state index in [9.17, 15) is 5.11 Å². The van der Waals surface area contributed by atoms with Gasteiger partial charge in [0.2, 0.25) is 0 Å². The minimum Gasteiger partial charge on any atom is -0.317 e. The third-order valence-corrected chi connectivity index (χ3v) is 1.29. The van der Waals surface area contributed by atoms with Crippen molar-refractivity contribution in [1.29, 1.82) is 0 Å². The van der Waals surface area contributed by atoms with Crippen molar-refractivity contribution in [3.8, 4) is 0 Å². The zero-order valence-electron chi connectivity index (χ0n) is 4.31. The molecule has 1 N–H and O–H groups in total. The molecule has 1 aliphatic rings. The van der Waals surface area contributed by atoms with E-state index >= 15 is 0 Å². The average molecular weight is 100 g/mol. The summed E-state index contributed by atoms with van der Waals surface area (Å²) < 4.78 is 0. The Labute approximate surface area is 43.5 Å². The van der Waals surface area contributed by atoms with Crippen molar-refractivity contribution in [2.75, 3.05) is 13.1 Å². The van der Waals surface area contributed by atoms with Crippen LogP contribution in [-0.2, 0) is 5.11 Å². The Morgan fingerprint density at radius 3 is 2.14 bits per heavy atom. The fourth-order valence-electron chi connectivity index (χ4n) is 0.795. The quantitative estimate of drug-likeness (QED) is 0.462. The molecule has 0 aromatic carbocycles. The van der Waals surface area contributed by atoms with Crippen LogP contribution in [0.2, 0.25) is 0 Å². The fourth-order valence-corrected chi connectivity index (χ4v) is 0.795. The molecular formula is C5H10NO. The highest BCUT2D eigenvalue weighted by atomic mass is 16.3. The molecule has 0 spiro atoms. The van der Waals surface area contributed by atoms with Gasteiger partial charge in [0.05, 0.1) is 6.10 Å². The molecule has 0 bridgehead atoms. The molecule has 7 heavy (non-hydrogen) atoms. The minimum absolute atomic E-state index is 0.277. The summed E-state index contributed by atoms with van der Waals surface area (Å²) in [5.74, 6) is 0. The lowest BCUT2D eigenvalue weighted by Crippen LogP contribution is -2.29. The molecule has 0 aliphatic carbocycles. The smallest absolute Gasteiger partial charge is 0.0954 e. The summed E-state index contributed by atoms with van der Waals surface area (Å²) in [5, 5.41) is 13.6. The molecule has 1 fully saturated rings. The van der Waals surface area contributed by atoms with Gasteiger partial charge in [0.15, 0.2) is 0 Å². The van der Waals surface area contributed by atoms with Gasteiger partial charge in [-0.25, -0.2) is 5.11 Å². The number of piperidine rings is 1. The Morgan fingerprint density at radius 2 is 1.86 bits per heavy atom. The molecule has 1 radical (unpaired) electrons. The normalized spacial score (nSPS) is 25.3. The van der Waals surface area contributed by atoms with E-state index in [0.717, 1.165) is 25.9 Å². The molecule has 41 valence electrons. The van der Waals surface area contributed by atoms with Gasteiger partial charge in [0, 0.05) is 0 Å². The molecular weight excluding hydrogens is 90.1 g/mol. The second kappa shape index (κ2) is 2.28. The average Bonchev–Trinajstić information content (AvgIpc) is 1.69. The Bertz CT molecular complexity index is 50.0. The first-order valence-corrected chi connectivity index (χ1v) is 2.76. The molecule has 1 heterocycles. The van der Waals surface area contributed by atoms with Crippen LogP contribution < -0.4 is 5.32 Å². The molecule has 0 saturated carbocycles. The van der Waals surface area contributed by atoms with Crippen LogP contribution in [0, 0.1) is 0 Å². The van der Waals surface area contributed by atoms with Crippen molar-refractivity contribution >= 4 is 0 Å². The number of hydrogen-bond acceptors (Lipinski definition) is 1. The van der Waals surface area contributed by atoms with Crippen LogP contribution >= 0.6 is 0 Å². The summed E-state index contributed by atoms with van der Waals surface area (Å²) in [7, 11) is 0. The van der Waals surface area contributed by atoms with Crippen LogP contribution in [0.4, 0.5) is 0 Å². The Morgan fingerprint density at radius 1 is 1.29 bits per heavy atom. The third kappa shape index (κ3) is 1.45. The maximum atomic E-state index is 10.5. The second-order valence-corrected chi connectivity index (χ2v) is 1.95. The SMILES string of the molecule is [O]C1CCNCC1. The van der Waals surface area contributed by atoms with Gasteiger partial charge in [-0.15, -0.1) is 0 Å². The lowest BCUT2D eigenvalue weighted by molar-refractivity contribution is 0.0621. The molecule has 2 nitrogen and oxygen atoms in total. The number of hydrogen-bond donors (Lipinski definition) is 1. The molecule has 1 saturated heterocycles. The molecule has 0 unspecified atom stereocenters. The summed E-state index contributed by atoms with van der Waals surface area (Å²) in [5.41, 5.74) is 0. The van der Waals surface area contributed by atoms with Crippen molar-refractivity contribution in [1.82, 2.24) is 5.32 Å². The van der Waals surface area contributed by atoms with Gasteiger partial charge in [0.25, 0.3) is 0 Å². The van der Waals surface area contributed by atoms with E-state index in [2.05, 4.69) is 5.32 Å². The van der Waals surface area contributed by atoms with E-state index in [4.69, 9.17) is 0 Å². The number of nitrogens with one attached hydrogen (secondary N) is 1. The number of rotatable bonds is 0. The molecule has 0 aromatic rings. The van der Waals surface area contributed by atoms with Crippen molar-refractivity contribution in [2.45, 2.75) is 18.9 Å². The van der Waals surface area contributed by atoms with Crippen molar-refractivity contribution in [3.05, 3.63) is 0 Å². The van der Waals surface area contributed by atoms with Gasteiger partial charge >= 0.3 is 0 Å². The van der Waals surface area contributed by atoms with Gasteiger partial charge in [-0.05, 0) is 25.9 Å². The van der Waals surface area contributed by atoms with Gasteiger partial charge in [-0.1, -0.05) is 0 Å². The van der Waals surface area contributed by atoms with Crippen LogP contribution in [0.25, 0.3) is 0 Å². The van der Waals surface area contributed by atoms with Crippen LogP contribution in [0.1, 0.15) is 12.8 Å². The lowest BCUT2D eigenvalue weighted by atomic mass is 10.1. The van der Waals surface area contributed by atoms with E-state index in [1.807, 2.05) is 0 Å². The monoisotopic (exact) mass is 100 g/mol. The summed E-state index contributed by atoms with van der Waals surface area (Å²) in [6, 6.07) is 0. The fraction of sp³-hybridized carbons (Fsp3) is 1.00. The zero-order chi connectivity index (χ0) is 5.11. The summed E-state index contributed by atoms with van der Waals surface area (Å²) in [4.78, 5) is 0. The van der Waals surface area contributed by atoms with Crippen molar-refractivity contribution < 1.29 is 5.11 Å². The molecule has 0 atom stereocenters. The molecule has 1 aliphatic heterocycles. The van der Waals surface area contributed by atoms with Gasteiger partial charge in [-0.3, -0.25) is 0 Å².